The Hall–Kier alpha value is -1.23. The van der Waals surface area contributed by atoms with E-state index in [1.807, 2.05) is 0 Å². The van der Waals surface area contributed by atoms with Gasteiger partial charge in [-0.15, -0.1) is 0 Å². The monoisotopic (exact) mass is 226 g/mol. The van der Waals surface area contributed by atoms with Crippen molar-refractivity contribution < 1.29 is 9.18 Å². The second kappa shape index (κ2) is 3.73. The predicted molar refractivity (Wildman–Crippen MR) is 60.6 cm³/mol. The maximum absolute atomic E-state index is 13.2. The maximum Gasteiger partial charge on any atom is 0.228 e. The number of anilines is 2. The van der Waals surface area contributed by atoms with Gasteiger partial charge in [0.25, 0.3) is 0 Å². The number of halogens is 1. The van der Waals surface area contributed by atoms with E-state index in [1.165, 1.54) is 11.0 Å². The normalized spacial score (nSPS) is 21.1. The molecule has 2 rings (SSSR count). The summed E-state index contributed by atoms with van der Waals surface area (Å²) in [6.45, 7) is 0.482. The zero-order chi connectivity index (χ0) is 11.0. The molecule has 1 fully saturated rings. The highest BCUT2D eigenvalue weighted by Gasteiger charge is 2.29. The average molecular weight is 226 g/mol. The number of carbonyl (C=O) groups is 1. The molecule has 2 N–H and O–H groups in total. The van der Waals surface area contributed by atoms with Crippen molar-refractivity contribution in [3.8, 4) is 0 Å². The van der Waals surface area contributed by atoms with Crippen molar-refractivity contribution in [3.63, 3.8) is 0 Å². The van der Waals surface area contributed by atoms with Crippen LogP contribution in [0, 0.1) is 5.82 Å². The molecule has 5 heteroatoms. The average Bonchev–Trinajstić information content (AvgIpc) is 2.50. The molecule has 0 saturated carbocycles. The first kappa shape index (κ1) is 10.3. The molecule has 3 nitrogen and oxygen atoms in total. The van der Waals surface area contributed by atoms with Crippen LogP contribution in [0.25, 0.3) is 0 Å². The molecule has 0 spiro atoms. The van der Waals surface area contributed by atoms with Crippen molar-refractivity contribution in [3.05, 3.63) is 24.0 Å². The van der Waals surface area contributed by atoms with Crippen molar-refractivity contribution in [2.24, 2.45) is 0 Å². The van der Waals surface area contributed by atoms with Crippen molar-refractivity contribution in [1.82, 2.24) is 0 Å². The molecule has 0 aliphatic carbocycles. The third kappa shape index (κ3) is 1.79. The summed E-state index contributed by atoms with van der Waals surface area (Å²) >= 11 is 4.22. The SMILES string of the molecule is Nc1c(F)cccc1N1CC(S)CC1=O. The summed E-state index contributed by atoms with van der Waals surface area (Å²) in [5.74, 6) is -0.560. The van der Waals surface area contributed by atoms with Crippen molar-refractivity contribution >= 4 is 29.9 Å². The van der Waals surface area contributed by atoms with Gasteiger partial charge in [0.15, 0.2) is 0 Å². The zero-order valence-electron chi connectivity index (χ0n) is 7.98. The van der Waals surface area contributed by atoms with E-state index >= 15 is 0 Å². The smallest absolute Gasteiger partial charge is 0.228 e. The molecule has 0 aromatic heterocycles. The van der Waals surface area contributed by atoms with E-state index in [2.05, 4.69) is 12.6 Å². The molecule has 0 bridgehead atoms. The standard InChI is InChI=1S/C10H11FN2OS/c11-7-2-1-3-8(10(7)12)13-5-6(15)4-9(13)14/h1-3,6,15H,4-5,12H2. The Morgan fingerprint density at radius 1 is 1.53 bits per heavy atom. The number of amides is 1. The third-order valence-corrected chi connectivity index (χ3v) is 2.77. The molecule has 1 unspecified atom stereocenters. The summed E-state index contributed by atoms with van der Waals surface area (Å²) in [6, 6.07) is 4.46. The van der Waals surface area contributed by atoms with Crippen LogP contribution < -0.4 is 10.6 Å². The van der Waals surface area contributed by atoms with E-state index in [0.29, 0.717) is 18.7 Å². The predicted octanol–water partition coefficient (Wildman–Crippen LogP) is 1.44. The van der Waals surface area contributed by atoms with Gasteiger partial charge in [0.1, 0.15) is 5.82 Å². The third-order valence-electron chi connectivity index (χ3n) is 2.43. The van der Waals surface area contributed by atoms with Gasteiger partial charge in [-0.25, -0.2) is 4.39 Å². The van der Waals surface area contributed by atoms with Crippen LogP contribution in [0.2, 0.25) is 0 Å². The molecule has 1 amide bonds. The summed E-state index contributed by atoms with van der Waals surface area (Å²) in [7, 11) is 0. The molecule has 80 valence electrons. The van der Waals surface area contributed by atoms with Crippen LogP contribution in [-0.2, 0) is 4.79 Å². The lowest BCUT2D eigenvalue weighted by atomic mass is 10.2. The van der Waals surface area contributed by atoms with E-state index in [4.69, 9.17) is 5.73 Å². The fraction of sp³-hybridized carbons (Fsp3) is 0.300. The van der Waals surface area contributed by atoms with Crippen LogP contribution in [0.4, 0.5) is 15.8 Å². The van der Waals surface area contributed by atoms with Gasteiger partial charge in [0, 0.05) is 18.2 Å². The first-order chi connectivity index (χ1) is 7.09. The number of rotatable bonds is 1. The first-order valence-electron chi connectivity index (χ1n) is 4.62. The Labute approximate surface area is 92.5 Å². The second-order valence-electron chi connectivity index (χ2n) is 3.53. The Bertz CT molecular complexity index is 410. The van der Waals surface area contributed by atoms with E-state index in [0.717, 1.165) is 0 Å². The van der Waals surface area contributed by atoms with Crippen LogP contribution in [-0.4, -0.2) is 17.7 Å². The highest BCUT2D eigenvalue weighted by Crippen LogP contribution is 2.30. The number of hydrogen-bond donors (Lipinski definition) is 2. The van der Waals surface area contributed by atoms with E-state index in [1.54, 1.807) is 12.1 Å². The van der Waals surface area contributed by atoms with Crippen LogP contribution in [0.15, 0.2) is 18.2 Å². The van der Waals surface area contributed by atoms with Crippen molar-refractivity contribution in [1.29, 1.82) is 0 Å². The Kier molecular flexibility index (Phi) is 2.56. The lowest BCUT2D eigenvalue weighted by Gasteiger charge is -2.18. The van der Waals surface area contributed by atoms with Gasteiger partial charge in [-0.3, -0.25) is 4.79 Å². The van der Waals surface area contributed by atoms with E-state index in [9.17, 15) is 9.18 Å². The molecule has 1 aromatic rings. The van der Waals surface area contributed by atoms with Gasteiger partial charge in [-0.1, -0.05) is 6.07 Å². The Balaban J connectivity index is 2.38. The van der Waals surface area contributed by atoms with Crippen LogP contribution >= 0.6 is 12.6 Å². The summed E-state index contributed by atoms with van der Waals surface area (Å²) in [6.07, 6.45) is 0.374. The Morgan fingerprint density at radius 3 is 2.87 bits per heavy atom. The minimum absolute atomic E-state index is 0.000155. The topological polar surface area (TPSA) is 46.3 Å². The number of nitrogen functional groups attached to an aromatic ring is 1. The first-order valence-corrected chi connectivity index (χ1v) is 5.13. The van der Waals surface area contributed by atoms with Crippen LogP contribution in [0.1, 0.15) is 6.42 Å². The van der Waals surface area contributed by atoms with Crippen LogP contribution in [0.3, 0.4) is 0 Å². The fourth-order valence-corrected chi connectivity index (χ4v) is 2.00. The lowest BCUT2D eigenvalue weighted by Crippen LogP contribution is -2.25. The highest BCUT2D eigenvalue weighted by molar-refractivity contribution is 7.81. The largest absolute Gasteiger partial charge is 0.395 e. The van der Waals surface area contributed by atoms with Gasteiger partial charge >= 0.3 is 0 Å². The maximum atomic E-state index is 13.2. The summed E-state index contributed by atoms with van der Waals surface area (Å²) in [5.41, 5.74) is 6.04. The quantitative estimate of drug-likeness (QED) is 0.562. The number of hydrogen-bond acceptors (Lipinski definition) is 3. The summed E-state index contributed by atoms with van der Waals surface area (Å²) in [5, 5.41) is 0.000155. The molecule has 1 heterocycles. The van der Waals surface area contributed by atoms with Crippen molar-refractivity contribution in [2.75, 3.05) is 17.2 Å². The minimum Gasteiger partial charge on any atom is -0.395 e. The molecule has 0 radical (unpaired) electrons. The lowest BCUT2D eigenvalue weighted by molar-refractivity contribution is -0.117. The zero-order valence-corrected chi connectivity index (χ0v) is 8.88. The fourth-order valence-electron chi connectivity index (χ4n) is 1.68. The number of carbonyl (C=O) groups excluding carboxylic acids is 1. The highest BCUT2D eigenvalue weighted by atomic mass is 32.1. The minimum atomic E-state index is -0.497. The number of thiol groups is 1. The second-order valence-corrected chi connectivity index (χ2v) is 4.27. The summed E-state index contributed by atoms with van der Waals surface area (Å²) < 4.78 is 13.2. The molecule has 1 aromatic carbocycles. The molecule has 1 aliphatic rings. The van der Waals surface area contributed by atoms with Crippen LogP contribution in [0.5, 0.6) is 0 Å². The summed E-state index contributed by atoms with van der Waals surface area (Å²) in [4.78, 5) is 13.0. The molecular formula is C10H11FN2OS. The van der Waals surface area contributed by atoms with E-state index < -0.39 is 5.82 Å². The molecule has 15 heavy (non-hydrogen) atoms. The van der Waals surface area contributed by atoms with Gasteiger partial charge in [0.2, 0.25) is 5.91 Å². The Morgan fingerprint density at radius 2 is 2.27 bits per heavy atom. The van der Waals surface area contributed by atoms with E-state index in [-0.39, 0.29) is 16.8 Å². The number of benzene rings is 1. The molecular weight excluding hydrogens is 215 g/mol. The number of nitrogens with two attached hydrogens (primary N) is 1. The van der Waals surface area contributed by atoms with Gasteiger partial charge in [-0.2, -0.15) is 12.6 Å². The van der Waals surface area contributed by atoms with Crippen molar-refractivity contribution in [2.45, 2.75) is 11.7 Å². The molecule has 1 saturated heterocycles. The van der Waals surface area contributed by atoms with Gasteiger partial charge in [-0.05, 0) is 12.1 Å². The molecule has 1 atom stereocenters. The van der Waals surface area contributed by atoms with Gasteiger partial charge < -0.3 is 10.6 Å². The molecule has 1 aliphatic heterocycles. The number of nitrogens with zero attached hydrogens (tertiary/aromatic N) is 1. The number of para-hydroxylation sites is 1. The van der Waals surface area contributed by atoms with Gasteiger partial charge in [0.05, 0.1) is 11.4 Å².